The lowest BCUT2D eigenvalue weighted by Gasteiger charge is -2.14. The molecule has 1 unspecified atom stereocenters. The van der Waals surface area contributed by atoms with Gasteiger partial charge in [-0.05, 0) is 24.1 Å². The zero-order chi connectivity index (χ0) is 14.0. The average Bonchev–Trinajstić information content (AvgIpc) is 2.39. The third-order valence-corrected chi connectivity index (χ3v) is 3.81. The maximum atomic E-state index is 13.8. The van der Waals surface area contributed by atoms with E-state index in [0.29, 0.717) is 0 Å². The number of aryl methyl sites for hydroxylation is 1. The zero-order valence-corrected chi connectivity index (χ0v) is 11.9. The molecule has 2 aromatic rings. The van der Waals surface area contributed by atoms with Gasteiger partial charge in [-0.3, -0.25) is 0 Å². The van der Waals surface area contributed by atoms with Gasteiger partial charge in [-0.1, -0.05) is 46.3 Å². The SMILES string of the molecule is Cc1ccc(C(O)Cc2ccccc2Br)c(F)c1F. The summed E-state index contributed by atoms with van der Waals surface area (Å²) in [5.74, 6) is -1.87. The van der Waals surface area contributed by atoms with E-state index in [1.165, 1.54) is 19.1 Å². The minimum atomic E-state index is -1.08. The Morgan fingerprint density at radius 3 is 2.47 bits per heavy atom. The van der Waals surface area contributed by atoms with Crippen molar-refractivity contribution in [2.24, 2.45) is 0 Å². The molecule has 0 amide bonds. The quantitative estimate of drug-likeness (QED) is 0.891. The van der Waals surface area contributed by atoms with E-state index in [0.717, 1.165) is 10.0 Å². The molecule has 0 saturated carbocycles. The summed E-state index contributed by atoms with van der Waals surface area (Å²) in [6.07, 6.45) is -0.852. The molecule has 0 aliphatic heterocycles. The largest absolute Gasteiger partial charge is 0.388 e. The topological polar surface area (TPSA) is 20.2 Å². The van der Waals surface area contributed by atoms with Crippen LogP contribution >= 0.6 is 15.9 Å². The summed E-state index contributed by atoms with van der Waals surface area (Å²) < 4.78 is 28.1. The fraction of sp³-hybridized carbons (Fsp3) is 0.200. The summed E-state index contributed by atoms with van der Waals surface area (Å²) in [5.41, 5.74) is 1.06. The van der Waals surface area contributed by atoms with E-state index >= 15 is 0 Å². The van der Waals surface area contributed by atoms with Crippen LogP contribution in [0.25, 0.3) is 0 Å². The number of hydrogen-bond donors (Lipinski definition) is 1. The van der Waals surface area contributed by atoms with E-state index in [1.54, 1.807) is 0 Å². The van der Waals surface area contributed by atoms with Gasteiger partial charge >= 0.3 is 0 Å². The van der Waals surface area contributed by atoms with Crippen LogP contribution in [0.3, 0.4) is 0 Å². The lowest BCUT2D eigenvalue weighted by Crippen LogP contribution is -2.07. The van der Waals surface area contributed by atoms with Crippen molar-refractivity contribution in [3.8, 4) is 0 Å². The highest BCUT2D eigenvalue weighted by Gasteiger charge is 2.18. The fourth-order valence-corrected chi connectivity index (χ4v) is 2.35. The van der Waals surface area contributed by atoms with E-state index < -0.39 is 17.7 Å². The molecule has 1 atom stereocenters. The molecule has 100 valence electrons. The van der Waals surface area contributed by atoms with Crippen LogP contribution in [-0.4, -0.2) is 5.11 Å². The van der Waals surface area contributed by atoms with Gasteiger partial charge in [0.15, 0.2) is 11.6 Å². The second-order valence-corrected chi connectivity index (χ2v) is 5.27. The van der Waals surface area contributed by atoms with Crippen molar-refractivity contribution >= 4 is 15.9 Å². The Labute approximate surface area is 119 Å². The highest BCUT2D eigenvalue weighted by Crippen LogP contribution is 2.27. The summed E-state index contributed by atoms with van der Waals surface area (Å²) >= 11 is 3.36. The molecule has 0 aromatic heterocycles. The first-order chi connectivity index (χ1) is 9.00. The molecule has 1 nitrogen and oxygen atoms in total. The number of aliphatic hydroxyl groups excluding tert-OH is 1. The van der Waals surface area contributed by atoms with Gasteiger partial charge in [0.1, 0.15) is 0 Å². The third kappa shape index (κ3) is 3.01. The monoisotopic (exact) mass is 326 g/mol. The lowest BCUT2D eigenvalue weighted by molar-refractivity contribution is 0.172. The molecule has 0 saturated heterocycles. The maximum absolute atomic E-state index is 13.8. The minimum Gasteiger partial charge on any atom is -0.388 e. The van der Waals surface area contributed by atoms with Gasteiger partial charge in [0.25, 0.3) is 0 Å². The van der Waals surface area contributed by atoms with Crippen LogP contribution in [0.2, 0.25) is 0 Å². The van der Waals surface area contributed by atoms with E-state index in [4.69, 9.17) is 0 Å². The smallest absolute Gasteiger partial charge is 0.164 e. The van der Waals surface area contributed by atoms with Gasteiger partial charge in [-0.25, -0.2) is 8.78 Å². The standard InChI is InChI=1S/C15H13BrF2O/c1-9-6-7-11(15(18)14(9)17)13(19)8-10-4-2-3-5-12(10)16/h2-7,13,19H,8H2,1H3. The minimum absolute atomic E-state index is 0.0150. The molecule has 0 aliphatic carbocycles. The molecule has 0 bridgehead atoms. The van der Waals surface area contributed by atoms with Crippen molar-refractivity contribution in [2.75, 3.05) is 0 Å². The molecule has 19 heavy (non-hydrogen) atoms. The second kappa shape index (κ2) is 5.80. The first-order valence-corrected chi connectivity index (χ1v) is 6.66. The molecule has 1 N–H and O–H groups in total. The normalized spacial score (nSPS) is 12.5. The maximum Gasteiger partial charge on any atom is 0.164 e. The van der Waals surface area contributed by atoms with Crippen LogP contribution < -0.4 is 0 Å². The number of rotatable bonds is 3. The van der Waals surface area contributed by atoms with E-state index in [-0.39, 0.29) is 17.5 Å². The fourth-order valence-electron chi connectivity index (χ4n) is 1.90. The lowest BCUT2D eigenvalue weighted by atomic mass is 9.99. The Hall–Kier alpha value is -1.26. The van der Waals surface area contributed by atoms with Crippen molar-refractivity contribution < 1.29 is 13.9 Å². The molecule has 0 aliphatic rings. The molecule has 2 rings (SSSR count). The first kappa shape index (κ1) is 14.2. The predicted molar refractivity (Wildman–Crippen MR) is 73.9 cm³/mol. The first-order valence-electron chi connectivity index (χ1n) is 5.86. The van der Waals surface area contributed by atoms with Crippen molar-refractivity contribution in [2.45, 2.75) is 19.4 Å². The Morgan fingerprint density at radius 2 is 1.79 bits per heavy atom. The molecule has 0 heterocycles. The highest BCUT2D eigenvalue weighted by molar-refractivity contribution is 9.10. The van der Waals surface area contributed by atoms with E-state index in [2.05, 4.69) is 15.9 Å². The summed E-state index contributed by atoms with van der Waals surface area (Å²) in [7, 11) is 0. The summed E-state index contributed by atoms with van der Waals surface area (Å²) in [5, 5.41) is 10.1. The second-order valence-electron chi connectivity index (χ2n) is 4.41. The number of aliphatic hydroxyl groups is 1. The van der Waals surface area contributed by atoms with Crippen molar-refractivity contribution in [3.63, 3.8) is 0 Å². The van der Waals surface area contributed by atoms with Gasteiger partial charge < -0.3 is 5.11 Å². The van der Waals surface area contributed by atoms with Gasteiger partial charge in [-0.2, -0.15) is 0 Å². The van der Waals surface area contributed by atoms with Crippen LogP contribution in [0, 0.1) is 18.6 Å². The molecule has 2 aromatic carbocycles. The van der Waals surface area contributed by atoms with E-state index in [1.807, 2.05) is 24.3 Å². The van der Waals surface area contributed by atoms with Gasteiger partial charge in [0, 0.05) is 16.5 Å². The molecule has 0 radical (unpaired) electrons. The number of benzene rings is 2. The number of hydrogen-bond acceptors (Lipinski definition) is 1. The average molecular weight is 327 g/mol. The zero-order valence-electron chi connectivity index (χ0n) is 10.3. The van der Waals surface area contributed by atoms with Gasteiger partial charge in [-0.15, -0.1) is 0 Å². The van der Waals surface area contributed by atoms with Crippen LogP contribution in [-0.2, 0) is 6.42 Å². The van der Waals surface area contributed by atoms with Crippen LogP contribution in [0.1, 0.15) is 22.8 Å². The molecule has 0 spiro atoms. The number of halogens is 3. The van der Waals surface area contributed by atoms with Crippen LogP contribution in [0.4, 0.5) is 8.78 Å². The summed E-state index contributed by atoms with van der Waals surface area (Å²) in [6, 6.07) is 10.3. The third-order valence-electron chi connectivity index (χ3n) is 3.04. The predicted octanol–water partition coefficient (Wildman–Crippen LogP) is 4.31. The van der Waals surface area contributed by atoms with Crippen molar-refractivity contribution in [3.05, 3.63) is 69.2 Å². The van der Waals surface area contributed by atoms with Crippen LogP contribution in [0.5, 0.6) is 0 Å². The molecular weight excluding hydrogens is 314 g/mol. The highest BCUT2D eigenvalue weighted by atomic mass is 79.9. The van der Waals surface area contributed by atoms with Crippen molar-refractivity contribution in [1.29, 1.82) is 0 Å². The Balaban J connectivity index is 2.28. The van der Waals surface area contributed by atoms with Crippen LogP contribution in [0.15, 0.2) is 40.9 Å². The van der Waals surface area contributed by atoms with E-state index in [9.17, 15) is 13.9 Å². The van der Waals surface area contributed by atoms with Gasteiger partial charge in [0.05, 0.1) is 6.10 Å². The molecule has 0 fully saturated rings. The Kier molecular flexibility index (Phi) is 4.32. The Morgan fingerprint density at radius 1 is 1.11 bits per heavy atom. The summed E-state index contributed by atoms with van der Waals surface area (Å²) in [4.78, 5) is 0. The van der Waals surface area contributed by atoms with Gasteiger partial charge in [0.2, 0.25) is 0 Å². The molecular formula is C15H13BrF2O. The van der Waals surface area contributed by atoms with Crippen molar-refractivity contribution in [1.82, 2.24) is 0 Å². The summed E-state index contributed by atoms with van der Waals surface area (Å²) in [6.45, 7) is 1.49. The molecule has 4 heteroatoms. The Bertz CT molecular complexity index is 599.